The molecule has 0 saturated carbocycles. The predicted octanol–water partition coefficient (Wildman–Crippen LogP) is 41.4. The Hall–Kier alpha value is -18.0. The van der Waals surface area contributed by atoms with Gasteiger partial charge in [-0.05, 0) is 245 Å². The molecule has 0 radical (unpaired) electrons. The molecule has 0 spiro atoms. The molecule has 0 fully saturated rings. The van der Waals surface area contributed by atoms with Crippen LogP contribution in [-0.4, -0.2) is 0 Å². The first-order valence-electron chi connectivity index (χ1n) is 48.9. The van der Waals surface area contributed by atoms with Crippen LogP contribution in [0.5, 0.6) is 0 Å². The molecule has 13 heteroatoms. The molecule has 4 aromatic heterocycles. The van der Waals surface area contributed by atoms with E-state index in [2.05, 4.69) is 538 Å². The summed E-state index contributed by atoms with van der Waals surface area (Å²) in [4.78, 5) is 13.8. The maximum absolute atomic E-state index is 6.49. The molecule has 27 rings (SSSR count). The van der Waals surface area contributed by atoms with E-state index in [1.165, 1.54) is 32.7 Å². The van der Waals surface area contributed by atoms with Gasteiger partial charge in [-0.15, -0.1) is 0 Å². The molecule has 23 aromatic carbocycles. The van der Waals surface area contributed by atoms with Gasteiger partial charge in [0.1, 0.15) is 39.1 Å². The highest BCUT2D eigenvalue weighted by atomic mass is 79.9. The first-order valence-corrected chi connectivity index (χ1v) is 51.3. The molecule has 10 nitrogen and oxygen atoms in total. The normalized spacial score (nSPS) is 11.4. The van der Waals surface area contributed by atoms with Crippen LogP contribution in [0.15, 0.2) is 571 Å². The van der Waals surface area contributed by atoms with Crippen LogP contribution >= 0.6 is 47.8 Å². The standard InChI is InChI=1S/C56H37BrN2O.C42H27BrN2O2.C36H25BrN2O/c57-42-35-46(58(43-17-5-2-6-18-43)44-32-28-40(29-33-44)49-23-13-24-53-52-22-11-12-25-55(52)60-56(49)53)37-47(36-42)59(45-30-26-39(27-31-45)38-14-3-1-4-15-38)54-34-41-16-7-8-19-48(41)50-20-9-10-21-51(50)54;43-28-23-33(44(29-11-3-1-4-12-29)31-19-21-37-35-15-7-9-17-39(35)46-41(37)26-31)25-34(24-28)45(30-13-5-2-6-14-30)32-20-22-38-36-16-8-10-18-40(36)47-42(38)27-32;37-26-23-30(38(27-13-4-1-5-14-27)28-15-6-2-7-16-28)25-31(24-26)39(29-17-8-3-9-18-29)34-21-12-20-33-32-19-10-11-22-35(32)40-36(33)34/h1-37H;1-27H;1-25H. The van der Waals surface area contributed by atoms with Crippen molar-refractivity contribution in [2.24, 2.45) is 0 Å². The van der Waals surface area contributed by atoms with E-state index < -0.39 is 0 Å². The Morgan fingerprint density at radius 3 is 0.837 bits per heavy atom. The van der Waals surface area contributed by atoms with E-state index >= 15 is 0 Å². The van der Waals surface area contributed by atoms with Gasteiger partial charge in [-0.25, -0.2) is 0 Å². The molecule has 0 aliphatic carbocycles. The van der Waals surface area contributed by atoms with Crippen LogP contribution in [0, 0.1) is 0 Å². The minimum Gasteiger partial charge on any atom is -0.456 e. The largest absolute Gasteiger partial charge is 0.456 e. The van der Waals surface area contributed by atoms with Crippen molar-refractivity contribution in [2.75, 3.05) is 29.4 Å². The number of hydrogen-bond acceptors (Lipinski definition) is 10. The first-order chi connectivity index (χ1) is 72.6. The fourth-order valence-corrected chi connectivity index (χ4v) is 22.0. The number of hydrogen-bond donors (Lipinski definition) is 0. The maximum Gasteiger partial charge on any atom is 0.159 e. The molecule has 0 unspecified atom stereocenters. The van der Waals surface area contributed by atoms with Gasteiger partial charge in [-0.1, -0.05) is 363 Å². The monoisotopic (exact) mass is 2080 g/mol. The third-order valence-electron chi connectivity index (χ3n) is 27.2. The van der Waals surface area contributed by atoms with Crippen LogP contribution < -0.4 is 29.4 Å². The van der Waals surface area contributed by atoms with Crippen molar-refractivity contribution < 1.29 is 17.7 Å². The number of para-hydroxylation sites is 12. The van der Waals surface area contributed by atoms with Gasteiger partial charge in [0.05, 0.1) is 11.4 Å². The van der Waals surface area contributed by atoms with Crippen molar-refractivity contribution in [3.63, 3.8) is 0 Å². The minimum absolute atomic E-state index is 0.852. The molecule has 0 aliphatic heterocycles. The number of rotatable bonds is 20. The predicted molar refractivity (Wildman–Crippen MR) is 626 cm³/mol. The zero-order valence-electron chi connectivity index (χ0n) is 79.3. The van der Waals surface area contributed by atoms with Crippen molar-refractivity contribution in [3.05, 3.63) is 553 Å². The van der Waals surface area contributed by atoms with Gasteiger partial charge in [-0.3, -0.25) is 0 Å². The van der Waals surface area contributed by atoms with Gasteiger partial charge in [0.15, 0.2) is 5.58 Å². The van der Waals surface area contributed by atoms with Crippen LogP contribution in [0.2, 0.25) is 0 Å². The molecule has 700 valence electrons. The minimum atomic E-state index is 0.852. The third-order valence-corrected chi connectivity index (χ3v) is 28.5. The fraction of sp³-hybridized carbons (Fsp3) is 0. The van der Waals surface area contributed by atoms with Crippen molar-refractivity contribution in [1.82, 2.24) is 0 Å². The summed E-state index contributed by atoms with van der Waals surface area (Å²) in [5.74, 6) is 0. The summed E-state index contributed by atoms with van der Waals surface area (Å²) >= 11 is 11.7. The summed E-state index contributed by atoms with van der Waals surface area (Å²) in [7, 11) is 0. The Morgan fingerprint density at radius 2 is 0.408 bits per heavy atom. The summed E-state index contributed by atoms with van der Waals surface area (Å²) in [6.45, 7) is 0. The number of fused-ring (bicyclic) bond motifs is 15. The zero-order valence-corrected chi connectivity index (χ0v) is 84.1. The molecule has 0 N–H and O–H groups in total. The molecule has 4 heterocycles. The number of benzene rings is 23. The highest BCUT2D eigenvalue weighted by Crippen LogP contribution is 2.52. The third kappa shape index (κ3) is 17.8. The molecule has 27 aromatic rings. The number of furan rings is 4. The molecule has 147 heavy (non-hydrogen) atoms. The van der Waals surface area contributed by atoms with Crippen molar-refractivity contribution in [3.8, 4) is 22.3 Å². The summed E-state index contributed by atoms with van der Waals surface area (Å²) in [5, 5.41) is 13.7. The van der Waals surface area contributed by atoms with Gasteiger partial charge in [0.25, 0.3) is 0 Å². The maximum atomic E-state index is 6.49. The Balaban J connectivity index is 0.000000117. The lowest BCUT2D eigenvalue weighted by Gasteiger charge is -2.31. The Labute approximate surface area is 875 Å². The lowest BCUT2D eigenvalue weighted by Crippen LogP contribution is -2.14. The second kappa shape index (κ2) is 39.7. The van der Waals surface area contributed by atoms with E-state index in [1.54, 1.807) is 0 Å². The molecule has 0 saturated heterocycles. The van der Waals surface area contributed by atoms with Gasteiger partial charge in [0.2, 0.25) is 0 Å². The van der Waals surface area contributed by atoms with E-state index in [1.807, 2.05) is 78.9 Å². The van der Waals surface area contributed by atoms with Crippen molar-refractivity contribution in [2.45, 2.75) is 0 Å². The van der Waals surface area contributed by atoms with Gasteiger partial charge in [-0.2, -0.15) is 0 Å². The molecular weight excluding hydrogens is 2000 g/mol. The van der Waals surface area contributed by atoms with Crippen LogP contribution in [0.25, 0.3) is 132 Å². The molecule has 0 bridgehead atoms. The summed E-state index contributed by atoms with van der Waals surface area (Å²) in [6.07, 6.45) is 0. The average molecular weight is 2090 g/mol. The Morgan fingerprint density at radius 1 is 0.136 bits per heavy atom. The lowest BCUT2D eigenvalue weighted by atomic mass is 9.98. The number of nitrogens with zero attached hydrogens (tertiary/aromatic N) is 6. The number of anilines is 18. The second-order valence-corrected chi connectivity index (χ2v) is 39.0. The Bertz CT molecular complexity index is 9290. The van der Waals surface area contributed by atoms with Crippen LogP contribution in [0.3, 0.4) is 0 Å². The van der Waals surface area contributed by atoms with Crippen molar-refractivity contribution >= 4 is 259 Å². The molecular formula is C134H89Br3N6O4. The molecule has 0 amide bonds. The molecule has 0 aliphatic rings. The van der Waals surface area contributed by atoms with Crippen molar-refractivity contribution in [1.29, 1.82) is 0 Å². The smallest absolute Gasteiger partial charge is 0.159 e. The van der Waals surface area contributed by atoms with Gasteiger partial charge in [0, 0.05) is 171 Å². The topological polar surface area (TPSA) is 72.0 Å². The van der Waals surface area contributed by atoms with Crippen LogP contribution in [0.4, 0.5) is 102 Å². The lowest BCUT2D eigenvalue weighted by molar-refractivity contribution is 0.668. The second-order valence-electron chi connectivity index (χ2n) is 36.2. The van der Waals surface area contributed by atoms with E-state index in [-0.39, 0.29) is 0 Å². The SMILES string of the molecule is Brc1cc(N(c2ccccc2)c2ccc(-c3cccc4c3oc3ccccc34)cc2)cc(N(c2ccc(-c3ccccc3)cc2)c2cc3ccccc3c3ccccc23)c1.Brc1cc(N(c2ccccc2)c2ccc3c(c2)oc2ccccc23)cc(N(c2ccccc2)c2ccc3c(c2)oc2ccccc23)c1.Brc1cc(N(c2ccccc2)c2ccccc2)cc(N(c2ccccc2)c2cccc3c2oc2ccccc23)c1. The number of halogens is 3. The summed E-state index contributed by atoms with van der Waals surface area (Å²) < 4.78 is 28.5. The van der Waals surface area contributed by atoms with Gasteiger partial charge < -0.3 is 47.1 Å². The Kier molecular flexibility index (Phi) is 24.4. The highest BCUT2D eigenvalue weighted by molar-refractivity contribution is 9.11. The fourth-order valence-electron chi connectivity index (χ4n) is 20.6. The molecule has 0 atom stereocenters. The van der Waals surface area contributed by atoms with E-state index in [0.717, 1.165) is 215 Å². The van der Waals surface area contributed by atoms with E-state index in [4.69, 9.17) is 17.7 Å². The quantitative estimate of drug-likeness (QED) is 0.0689. The zero-order chi connectivity index (χ0) is 98.2. The van der Waals surface area contributed by atoms with E-state index in [0.29, 0.717) is 0 Å². The van der Waals surface area contributed by atoms with Gasteiger partial charge >= 0.3 is 0 Å². The summed E-state index contributed by atoms with van der Waals surface area (Å²) in [5.41, 5.74) is 30.2. The van der Waals surface area contributed by atoms with Crippen LogP contribution in [0.1, 0.15) is 0 Å². The van der Waals surface area contributed by atoms with E-state index in [9.17, 15) is 0 Å². The highest BCUT2D eigenvalue weighted by Gasteiger charge is 2.28. The van der Waals surface area contributed by atoms with Crippen LogP contribution in [-0.2, 0) is 0 Å². The first kappa shape index (κ1) is 90.3. The average Bonchev–Trinajstić information content (AvgIpc) is 0.877. The summed E-state index contributed by atoms with van der Waals surface area (Å²) in [6, 6.07) is 189.